The molecule has 0 radical (unpaired) electrons. The highest BCUT2D eigenvalue weighted by molar-refractivity contribution is 7.94. The lowest BCUT2D eigenvalue weighted by atomic mass is 10.2. The van der Waals surface area contributed by atoms with Gasteiger partial charge in [-0.3, -0.25) is 4.31 Å². The van der Waals surface area contributed by atoms with E-state index in [1.165, 1.54) is 22.5 Å². The summed E-state index contributed by atoms with van der Waals surface area (Å²) in [4.78, 5) is 0.236. The van der Waals surface area contributed by atoms with Gasteiger partial charge in [-0.05, 0) is 36.8 Å². The minimum absolute atomic E-state index is 0.0447. The van der Waals surface area contributed by atoms with Gasteiger partial charge in [0.25, 0.3) is 10.0 Å². The third kappa shape index (κ3) is 3.77. The van der Waals surface area contributed by atoms with Crippen molar-refractivity contribution >= 4 is 38.6 Å². The van der Waals surface area contributed by atoms with Crippen molar-refractivity contribution in [2.45, 2.75) is 29.8 Å². The molecular weight excluding hydrogens is 465 g/mol. The van der Waals surface area contributed by atoms with Gasteiger partial charge in [-0.1, -0.05) is 23.7 Å². The summed E-state index contributed by atoms with van der Waals surface area (Å²) in [6, 6.07) is 8.18. The van der Waals surface area contributed by atoms with Gasteiger partial charge in [-0.25, -0.2) is 8.42 Å². The van der Waals surface area contributed by atoms with Crippen LogP contribution in [0.2, 0.25) is 5.02 Å². The Hall–Kier alpha value is -2.24. The SMILES string of the molecule is CC[C@@H]1CN(S(=O)(=O)c2ccc(-c3cc(C(F)(F)F)on3)s2)c2cc(Cl)ccc2O1. The number of ether oxygens (including phenoxy) is 1. The van der Waals surface area contributed by atoms with Crippen LogP contribution in [0, 0.1) is 0 Å². The Balaban J connectivity index is 1.71. The van der Waals surface area contributed by atoms with Crippen molar-refractivity contribution in [1.29, 1.82) is 0 Å². The van der Waals surface area contributed by atoms with Gasteiger partial charge in [0.2, 0.25) is 5.76 Å². The predicted octanol–water partition coefficient (Wildman–Crippen LogP) is 5.44. The topological polar surface area (TPSA) is 72.6 Å². The van der Waals surface area contributed by atoms with Crippen molar-refractivity contribution in [3.05, 3.63) is 47.2 Å². The van der Waals surface area contributed by atoms with Gasteiger partial charge in [0.15, 0.2) is 0 Å². The summed E-state index contributed by atoms with van der Waals surface area (Å²) in [5, 5.41) is 3.75. The summed E-state index contributed by atoms with van der Waals surface area (Å²) in [5.41, 5.74) is 0.216. The predicted molar refractivity (Wildman–Crippen MR) is 106 cm³/mol. The fourth-order valence-electron chi connectivity index (χ4n) is 2.96. The molecule has 0 aliphatic carbocycles. The molecule has 0 bridgehead atoms. The van der Waals surface area contributed by atoms with Gasteiger partial charge in [0.1, 0.15) is 21.8 Å². The Morgan fingerprint density at radius 2 is 2.03 bits per heavy atom. The van der Waals surface area contributed by atoms with Crippen LogP contribution >= 0.6 is 22.9 Å². The van der Waals surface area contributed by atoms with Gasteiger partial charge in [-0.2, -0.15) is 13.2 Å². The van der Waals surface area contributed by atoms with Crippen LogP contribution in [0.5, 0.6) is 5.75 Å². The van der Waals surface area contributed by atoms with Crippen LogP contribution in [0.1, 0.15) is 19.1 Å². The number of rotatable bonds is 4. The van der Waals surface area contributed by atoms with E-state index in [1.807, 2.05) is 6.92 Å². The number of alkyl halides is 3. The largest absolute Gasteiger partial charge is 0.486 e. The van der Waals surface area contributed by atoms with E-state index in [0.29, 0.717) is 22.9 Å². The number of fused-ring (bicyclic) bond motifs is 1. The first-order valence-electron chi connectivity index (χ1n) is 8.72. The highest BCUT2D eigenvalue weighted by atomic mass is 35.5. The Labute approximate surface area is 178 Å². The maximum atomic E-state index is 13.3. The lowest BCUT2D eigenvalue weighted by Crippen LogP contribution is -2.43. The first kappa shape index (κ1) is 21.0. The van der Waals surface area contributed by atoms with E-state index in [9.17, 15) is 21.6 Å². The van der Waals surface area contributed by atoms with E-state index in [4.69, 9.17) is 16.3 Å². The smallest absolute Gasteiger partial charge is 0.452 e. The molecular formula is C18H14ClF3N2O4S2. The number of benzene rings is 1. The van der Waals surface area contributed by atoms with Crippen LogP contribution in [-0.2, 0) is 16.2 Å². The molecule has 1 aromatic carbocycles. The monoisotopic (exact) mass is 478 g/mol. The number of nitrogens with zero attached hydrogens (tertiary/aromatic N) is 2. The third-order valence-corrected chi connectivity index (χ3v) is 8.07. The average molecular weight is 479 g/mol. The van der Waals surface area contributed by atoms with Crippen LogP contribution in [0.4, 0.5) is 18.9 Å². The molecule has 3 aromatic rings. The van der Waals surface area contributed by atoms with Gasteiger partial charge in [0, 0.05) is 11.1 Å². The van der Waals surface area contributed by atoms with E-state index in [2.05, 4.69) is 9.68 Å². The molecule has 0 unspecified atom stereocenters. The normalized spacial score (nSPS) is 17.0. The summed E-state index contributed by atoms with van der Waals surface area (Å²) in [7, 11) is -4.01. The number of hydrogen-bond acceptors (Lipinski definition) is 6. The molecule has 0 N–H and O–H groups in total. The molecule has 0 saturated heterocycles. The van der Waals surface area contributed by atoms with Crippen molar-refractivity contribution in [3.63, 3.8) is 0 Å². The zero-order chi connectivity index (χ0) is 21.7. The highest BCUT2D eigenvalue weighted by Crippen LogP contribution is 2.41. The molecule has 1 atom stereocenters. The van der Waals surface area contributed by atoms with Gasteiger partial charge in [-0.15, -0.1) is 11.3 Å². The Bertz CT molecular complexity index is 1190. The van der Waals surface area contributed by atoms with Crippen LogP contribution in [0.15, 0.2) is 45.1 Å². The number of sulfonamides is 1. The molecule has 4 rings (SSSR count). The van der Waals surface area contributed by atoms with Crippen molar-refractivity contribution < 1.29 is 30.8 Å². The maximum absolute atomic E-state index is 13.3. The number of halogens is 4. The van der Waals surface area contributed by atoms with Gasteiger partial charge in [0.05, 0.1) is 17.1 Å². The number of hydrogen-bond donors (Lipinski definition) is 0. The summed E-state index contributed by atoms with van der Waals surface area (Å²) < 4.78 is 76.2. The van der Waals surface area contributed by atoms with Crippen molar-refractivity contribution in [2.75, 3.05) is 10.8 Å². The fraction of sp³-hybridized carbons (Fsp3) is 0.278. The van der Waals surface area contributed by atoms with Gasteiger partial charge >= 0.3 is 6.18 Å². The van der Waals surface area contributed by atoms with E-state index in [-0.39, 0.29) is 27.4 Å². The van der Waals surface area contributed by atoms with E-state index in [1.54, 1.807) is 12.1 Å². The lowest BCUT2D eigenvalue weighted by Gasteiger charge is -2.34. The maximum Gasteiger partial charge on any atom is 0.452 e. The van der Waals surface area contributed by atoms with Gasteiger partial charge < -0.3 is 9.26 Å². The summed E-state index contributed by atoms with van der Waals surface area (Å²) >= 11 is 6.85. The molecule has 0 spiro atoms. The summed E-state index contributed by atoms with van der Waals surface area (Å²) in [6.07, 6.45) is -4.44. The molecule has 0 saturated carbocycles. The second-order valence-electron chi connectivity index (χ2n) is 6.49. The third-order valence-electron chi connectivity index (χ3n) is 4.48. The Kier molecular flexibility index (Phi) is 5.23. The molecule has 1 aliphatic heterocycles. The second kappa shape index (κ2) is 7.47. The van der Waals surface area contributed by atoms with Crippen LogP contribution < -0.4 is 9.04 Å². The lowest BCUT2D eigenvalue weighted by molar-refractivity contribution is -0.155. The minimum Gasteiger partial charge on any atom is -0.486 e. The first-order valence-corrected chi connectivity index (χ1v) is 11.4. The Morgan fingerprint density at radius 3 is 2.70 bits per heavy atom. The molecule has 6 nitrogen and oxygen atoms in total. The molecule has 1 aliphatic rings. The summed E-state index contributed by atoms with van der Waals surface area (Å²) in [6.45, 7) is 1.96. The minimum atomic E-state index is -4.68. The van der Waals surface area contributed by atoms with Crippen LogP contribution in [-0.4, -0.2) is 26.2 Å². The molecule has 0 amide bonds. The molecule has 30 heavy (non-hydrogen) atoms. The second-order valence-corrected chi connectivity index (χ2v) is 10.1. The molecule has 12 heteroatoms. The number of thiophene rings is 1. The zero-order valence-electron chi connectivity index (χ0n) is 15.3. The average Bonchev–Trinajstić information content (AvgIpc) is 3.36. The zero-order valence-corrected chi connectivity index (χ0v) is 17.7. The first-order chi connectivity index (χ1) is 14.1. The molecule has 2 aromatic heterocycles. The van der Waals surface area contributed by atoms with E-state index in [0.717, 1.165) is 17.4 Å². The van der Waals surface area contributed by atoms with Crippen molar-refractivity contribution in [2.24, 2.45) is 0 Å². The van der Waals surface area contributed by atoms with Crippen molar-refractivity contribution in [1.82, 2.24) is 5.16 Å². The fourth-order valence-corrected chi connectivity index (χ4v) is 5.99. The van der Waals surface area contributed by atoms with Crippen LogP contribution in [0.3, 0.4) is 0 Å². The van der Waals surface area contributed by atoms with Crippen molar-refractivity contribution in [3.8, 4) is 16.3 Å². The van der Waals surface area contributed by atoms with Crippen LogP contribution in [0.25, 0.3) is 10.6 Å². The number of aromatic nitrogens is 1. The quantitative estimate of drug-likeness (QED) is 0.499. The highest BCUT2D eigenvalue weighted by Gasteiger charge is 2.37. The Morgan fingerprint density at radius 1 is 1.27 bits per heavy atom. The molecule has 3 heterocycles. The summed E-state index contributed by atoms with van der Waals surface area (Å²) in [5.74, 6) is -0.859. The molecule has 160 valence electrons. The van der Waals surface area contributed by atoms with E-state index >= 15 is 0 Å². The number of anilines is 1. The standard InChI is InChI=1S/C18H14ClF3N2O4S2/c1-2-11-9-24(13-7-10(19)3-4-14(13)27-11)30(25,26)17-6-5-15(29-17)12-8-16(28-23-12)18(20,21)22/h3-8,11H,2,9H2,1H3/t11-/m1/s1. The molecule has 0 fully saturated rings. The van der Waals surface area contributed by atoms with E-state index < -0.39 is 22.0 Å².